The minimum absolute atomic E-state index is 0.131. The molecule has 17 heavy (non-hydrogen) atoms. The van der Waals surface area contributed by atoms with E-state index in [0.717, 1.165) is 38.8 Å². The SMILES string of the molecule is CC(O)CCN(C)CC1CCCC(C)(C)C1=O. The average molecular weight is 241 g/mol. The summed E-state index contributed by atoms with van der Waals surface area (Å²) in [7, 11) is 2.04. The van der Waals surface area contributed by atoms with E-state index in [0.29, 0.717) is 5.78 Å². The van der Waals surface area contributed by atoms with Crippen molar-refractivity contribution in [3.05, 3.63) is 0 Å². The van der Waals surface area contributed by atoms with Crippen LogP contribution in [-0.4, -0.2) is 42.0 Å². The van der Waals surface area contributed by atoms with E-state index in [1.807, 2.05) is 14.0 Å². The maximum atomic E-state index is 12.2. The first-order valence-electron chi connectivity index (χ1n) is 6.74. The van der Waals surface area contributed by atoms with E-state index in [1.54, 1.807) is 0 Å². The van der Waals surface area contributed by atoms with Gasteiger partial charge in [0.15, 0.2) is 0 Å². The summed E-state index contributed by atoms with van der Waals surface area (Å²) >= 11 is 0. The molecule has 0 aromatic rings. The molecular weight excluding hydrogens is 214 g/mol. The minimum atomic E-state index is -0.254. The predicted molar refractivity (Wildman–Crippen MR) is 69.9 cm³/mol. The van der Waals surface area contributed by atoms with Crippen molar-refractivity contribution >= 4 is 5.78 Å². The Morgan fingerprint density at radius 1 is 1.53 bits per heavy atom. The Labute approximate surface area is 105 Å². The van der Waals surface area contributed by atoms with Gasteiger partial charge in [-0.15, -0.1) is 0 Å². The number of aliphatic hydroxyl groups is 1. The molecule has 0 heterocycles. The van der Waals surface area contributed by atoms with E-state index in [9.17, 15) is 9.90 Å². The monoisotopic (exact) mass is 241 g/mol. The molecule has 1 saturated carbocycles. The molecule has 1 N–H and O–H groups in total. The van der Waals surface area contributed by atoms with Crippen molar-refractivity contribution < 1.29 is 9.90 Å². The van der Waals surface area contributed by atoms with Gasteiger partial charge in [-0.05, 0) is 33.2 Å². The summed E-state index contributed by atoms with van der Waals surface area (Å²) in [6.07, 6.45) is 3.74. The molecule has 1 fully saturated rings. The lowest BCUT2D eigenvalue weighted by atomic mass is 9.71. The van der Waals surface area contributed by atoms with Gasteiger partial charge in [0, 0.05) is 24.4 Å². The van der Waals surface area contributed by atoms with Crippen molar-refractivity contribution in [3.63, 3.8) is 0 Å². The van der Waals surface area contributed by atoms with Crippen LogP contribution in [0.2, 0.25) is 0 Å². The minimum Gasteiger partial charge on any atom is -0.393 e. The molecule has 0 bridgehead atoms. The Hall–Kier alpha value is -0.410. The molecule has 1 aliphatic carbocycles. The highest BCUT2D eigenvalue weighted by Crippen LogP contribution is 2.35. The molecule has 0 radical (unpaired) electrons. The summed E-state index contributed by atoms with van der Waals surface area (Å²) in [5.41, 5.74) is -0.131. The first-order valence-corrected chi connectivity index (χ1v) is 6.74. The number of hydrogen-bond donors (Lipinski definition) is 1. The van der Waals surface area contributed by atoms with Crippen LogP contribution >= 0.6 is 0 Å². The van der Waals surface area contributed by atoms with Crippen LogP contribution in [0.5, 0.6) is 0 Å². The summed E-state index contributed by atoms with van der Waals surface area (Å²) in [6.45, 7) is 7.65. The fourth-order valence-electron chi connectivity index (χ4n) is 2.65. The molecule has 0 spiro atoms. The third kappa shape index (κ3) is 4.40. The van der Waals surface area contributed by atoms with Crippen molar-refractivity contribution in [1.29, 1.82) is 0 Å². The number of aliphatic hydroxyl groups excluding tert-OH is 1. The lowest BCUT2D eigenvalue weighted by Crippen LogP contribution is -2.41. The van der Waals surface area contributed by atoms with Gasteiger partial charge < -0.3 is 10.0 Å². The summed E-state index contributed by atoms with van der Waals surface area (Å²) < 4.78 is 0. The predicted octanol–water partition coefficient (Wildman–Crippen LogP) is 2.08. The highest BCUT2D eigenvalue weighted by molar-refractivity contribution is 5.87. The maximum absolute atomic E-state index is 12.2. The molecule has 0 aromatic carbocycles. The van der Waals surface area contributed by atoms with Gasteiger partial charge in [-0.25, -0.2) is 0 Å². The second-order valence-electron chi connectivity index (χ2n) is 6.24. The van der Waals surface area contributed by atoms with Gasteiger partial charge in [0.2, 0.25) is 0 Å². The molecule has 2 atom stereocenters. The Morgan fingerprint density at radius 2 is 2.18 bits per heavy atom. The van der Waals surface area contributed by atoms with E-state index < -0.39 is 0 Å². The third-order valence-corrected chi connectivity index (χ3v) is 3.85. The van der Waals surface area contributed by atoms with Gasteiger partial charge in [-0.3, -0.25) is 4.79 Å². The number of hydrogen-bond acceptors (Lipinski definition) is 3. The number of ketones is 1. The van der Waals surface area contributed by atoms with Crippen LogP contribution in [0.25, 0.3) is 0 Å². The normalized spacial score (nSPS) is 26.2. The van der Waals surface area contributed by atoms with Crippen molar-refractivity contribution in [2.75, 3.05) is 20.1 Å². The van der Waals surface area contributed by atoms with Crippen LogP contribution in [0.15, 0.2) is 0 Å². The molecule has 2 unspecified atom stereocenters. The quantitative estimate of drug-likeness (QED) is 0.801. The largest absolute Gasteiger partial charge is 0.393 e. The smallest absolute Gasteiger partial charge is 0.142 e. The van der Waals surface area contributed by atoms with Gasteiger partial charge >= 0.3 is 0 Å². The number of carbonyl (C=O) groups is 1. The van der Waals surface area contributed by atoms with Gasteiger partial charge in [-0.1, -0.05) is 20.3 Å². The molecule has 1 rings (SSSR count). The molecule has 0 aliphatic heterocycles. The van der Waals surface area contributed by atoms with E-state index in [2.05, 4.69) is 18.7 Å². The van der Waals surface area contributed by atoms with Crippen molar-refractivity contribution in [1.82, 2.24) is 4.90 Å². The molecule has 0 amide bonds. The van der Waals surface area contributed by atoms with Crippen LogP contribution in [0, 0.1) is 11.3 Å². The summed E-state index contributed by atoms with van der Waals surface area (Å²) in [4.78, 5) is 14.4. The molecule has 1 aliphatic rings. The molecular formula is C14H27NO2. The molecule has 0 aromatic heterocycles. The zero-order valence-corrected chi connectivity index (χ0v) is 11.7. The fourth-order valence-corrected chi connectivity index (χ4v) is 2.65. The molecule has 100 valence electrons. The van der Waals surface area contributed by atoms with E-state index >= 15 is 0 Å². The highest BCUT2D eigenvalue weighted by atomic mass is 16.3. The van der Waals surface area contributed by atoms with Crippen LogP contribution in [0.3, 0.4) is 0 Å². The second-order valence-corrected chi connectivity index (χ2v) is 6.24. The number of Topliss-reactive ketones (excluding diaryl/α,β-unsaturated/α-hetero) is 1. The maximum Gasteiger partial charge on any atom is 0.142 e. The lowest BCUT2D eigenvalue weighted by Gasteiger charge is -2.35. The van der Waals surface area contributed by atoms with Crippen LogP contribution in [0.1, 0.15) is 46.5 Å². The van der Waals surface area contributed by atoms with Gasteiger partial charge in [-0.2, -0.15) is 0 Å². The zero-order valence-electron chi connectivity index (χ0n) is 11.7. The molecule has 3 nitrogen and oxygen atoms in total. The first-order chi connectivity index (χ1) is 7.83. The van der Waals surface area contributed by atoms with Crippen LogP contribution in [-0.2, 0) is 4.79 Å². The van der Waals surface area contributed by atoms with E-state index in [-0.39, 0.29) is 17.4 Å². The zero-order chi connectivity index (χ0) is 13.1. The average Bonchev–Trinajstić information content (AvgIpc) is 2.22. The number of carbonyl (C=O) groups excluding carboxylic acids is 1. The first kappa shape index (κ1) is 14.7. The lowest BCUT2D eigenvalue weighted by molar-refractivity contribution is -0.134. The Morgan fingerprint density at radius 3 is 2.76 bits per heavy atom. The molecule has 3 heteroatoms. The van der Waals surface area contributed by atoms with Crippen LogP contribution < -0.4 is 0 Å². The third-order valence-electron chi connectivity index (χ3n) is 3.85. The van der Waals surface area contributed by atoms with Crippen molar-refractivity contribution in [2.45, 2.75) is 52.6 Å². The standard InChI is InChI=1S/C14H27NO2/c1-11(16)7-9-15(4)10-12-6-5-8-14(2,3)13(12)17/h11-12,16H,5-10H2,1-4H3. The number of rotatable bonds is 5. The Balaban J connectivity index is 2.42. The topological polar surface area (TPSA) is 40.5 Å². The van der Waals surface area contributed by atoms with Gasteiger partial charge in [0.1, 0.15) is 5.78 Å². The Bertz CT molecular complexity index is 261. The van der Waals surface area contributed by atoms with Crippen molar-refractivity contribution in [3.8, 4) is 0 Å². The number of nitrogens with zero attached hydrogens (tertiary/aromatic N) is 1. The van der Waals surface area contributed by atoms with E-state index in [4.69, 9.17) is 0 Å². The summed E-state index contributed by atoms with van der Waals surface area (Å²) in [6, 6.07) is 0. The van der Waals surface area contributed by atoms with Crippen LogP contribution in [0.4, 0.5) is 0 Å². The molecule has 0 saturated heterocycles. The Kier molecular flexibility index (Phi) is 5.14. The fraction of sp³-hybridized carbons (Fsp3) is 0.929. The van der Waals surface area contributed by atoms with E-state index in [1.165, 1.54) is 0 Å². The highest BCUT2D eigenvalue weighted by Gasteiger charge is 2.37. The van der Waals surface area contributed by atoms with Gasteiger partial charge in [0.25, 0.3) is 0 Å². The van der Waals surface area contributed by atoms with Gasteiger partial charge in [0.05, 0.1) is 6.10 Å². The van der Waals surface area contributed by atoms with Crippen molar-refractivity contribution in [2.24, 2.45) is 11.3 Å². The summed E-state index contributed by atoms with van der Waals surface area (Å²) in [5.74, 6) is 0.616. The second kappa shape index (κ2) is 5.96. The summed E-state index contributed by atoms with van der Waals surface area (Å²) in [5, 5.41) is 9.25.